The quantitative estimate of drug-likeness (QED) is 0.842. The average Bonchev–Trinajstić information content (AvgIpc) is 2.42. The molecule has 19 heavy (non-hydrogen) atoms. The molecule has 0 radical (unpaired) electrons. The van der Waals surface area contributed by atoms with Crippen molar-refractivity contribution in [3.63, 3.8) is 0 Å². The van der Waals surface area contributed by atoms with Crippen LogP contribution in [0, 0.1) is 5.92 Å². The summed E-state index contributed by atoms with van der Waals surface area (Å²) in [7, 11) is 0. The number of hydrogen-bond acceptors (Lipinski definition) is 3. The van der Waals surface area contributed by atoms with Gasteiger partial charge in [-0.25, -0.2) is 0 Å². The molecule has 0 spiro atoms. The highest BCUT2D eigenvalue weighted by Crippen LogP contribution is 2.26. The smallest absolute Gasteiger partial charge is 0.306 e. The number of phenolic OH excluding ortho intramolecular Hbond substituents is 1. The van der Waals surface area contributed by atoms with Crippen molar-refractivity contribution in [2.24, 2.45) is 5.92 Å². The summed E-state index contributed by atoms with van der Waals surface area (Å²) >= 11 is 0. The third kappa shape index (κ3) is 7.50. The van der Waals surface area contributed by atoms with E-state index in [2.05, 4.69) is 0 Å². The second-order valence-electron chi connectivity index (χ2n) is 4.85. The maximum absolute atomic E-state index is 11.1. The minimum atomic E-state index is -0.00981. The molecule has 1 aliphatic rings. The van der Waals surface area contributed by atoms with Crippen molar-refractivity contribution in [3.05, 3.63) is 30.3 Å². The van der Waals surface area contributed by atoms with Gasteiger partial charge >= 0.3 is 5.97 Å². The number of carbonyl (C=O) groups excluding carboxylic acids is 1. The Morgan fingerprint density at radius 1 is 1.21 bits per heavy atom. The molecule has 3 heteroatoms. The van der Waals surface area contributed by atoms with Gasteiger partial charge in [-0.15, -0.1) is 0 Å². The molecular formula is C16H24O3. The van der Waals surface area contributed by atoms with Crippen molar-refractivity contribution >= 4 is 5.97 Å². The first-order valence-electron chi connectivity index (χ1n) is 7.12. The Labute approximate surface area is 115 Å². The molecule has 106 valence electrons. The second kappa shape index (κ2) is 9.42. The fraction of sp³-hybridized carbons (Fsp3) is 0.562. The predicted molar refractivity (Wildman–Crippen MR) is 75.9 cm³/mol. The van der Waals surface area contributed by atoms with Crippen molar-refractivity contribution in [2.75, 3.05) is 6.61 Å². The van der Waals surface area contributed by atoms with Crippen LogP contribution in [0.1, 0.15) is 45.4 Å². The van der Waals surface area contributed by atoms with E-state index in [4.69, 9.17) is 9.84 Å². The van der Waals surface area contributed by atoms with Gasteiger partial charge in [-0.2, -0.15) is 0 Å². The Morgan fingerprint density at radius 3 is 2.32 bits per heavy atom. The van der Waals surface area contributed by atoms with Crippen molar-refractivity contribution in [2.45, 2.75) is 45.4 Å². The molecule has 1 N–H and O–H groups in total. The summed E-state index contributed by atoms with van der Waals surface area (Å²) in [6.45, 7) is 2.38. The van der Waals surface area contributed by atoms with Crippen LogP contribution in [0.3, 0.4) is 0 Å². The Kier molecular flexibility index (Phi) is 7.71. The minimum absolute atomic E-state index is 0.00981. The molecule has 0 aromatic heterocycles. The van der Waals surface area contributed by atoms with E-state index in [1.807, 2.05) is 13.0 Å². The van der Waals surface area contributed by atoms with Gasteiger partial charge < -0.3 is 9.84 Å². The van der Waals surface area contributed by atoms with Gasteiger partial charge in [-0.1, -0.05) is 37.5 Å². The number of benzene rings is 1. The standard InChI is InChI=1S/C10H18O2.C6H6O/c1-2-12-10(11)8-9-6-4-3-5-7-9;7-6-4-2-1-3-5-6/h9H,2-8H2,1H3;1-5,7H. The Hall–Kier alpha value is -1.51. The monoisotopic (exact) mass is 264 g/mol. The van der Waals surface area contributed by atoms with E-state index < -0.39 is 0 Å². The van der Waals surface area contributed by atoms with Gasteiger partial charge in [-0.05, 0) is 37.8 Å². The zero-order valence-corrected chi connectivity index (χ0v) is 11.7. The molecule has 0 atom stereocenters. The largest absolute Gasteiger partial charge is 0.508 e. The summed E-state index contributed by atoms with van der Waals surface area (Å²) in [5.74, 6) is 0.921. The van der Waals surface area contributed by atoms with Crippen LogP contribution in [-0.2, 0) is 9.53 Å². The van der Waals surface area contributed by atoms with E-state index in [1.165, 1.54) is 32.1 Å². The van der Waals surface area contributed by atoms with Gasteiger partial charge in [0.1, 0.15) is 5.75 Å². The number of aromatic hydroxyl groups is 1. The molecule has 0 amide bonds. The van der Waals surface area contributed by atoms with Gasteiger partial charge in [0.25, 0.3) is 0 Å². The van der Waals surface area contributed by atoms with Crippen molar-refractivity contribution in [1.29, 1.82) is 0 Å². The molecule has 0 unspecified atom stereocenters. The lowest BCUT2D eigenvalue weighted by molar-refractivity contribution is -0.144. The number of hydrogen-bond donors (Lipinski definition) is 1. The number of para-hydroxylation sites is 1. The zero-order chi connectivity index (χ0) is 13.9. The second-order valence-corrected chi connectivity index (χ2v) is 4.85. The van der Waals surface area contributed by atoms with Crippen LogP contribution in [0.15, 0.2) is 30.3 Å². The lowest BCUT2D eigenvalue weighted by atomic mass is 9.87. The summed E-state index contributed by atoms with van der Waals surface area (Å²) in [6, 6.07) is 8.71. The normalized spacial score (nSPS) is 15.2. The predicted octanol–water partition coefficient (Wildman–Crippen LogP) is 3.91. The molecule has 1 aliphatic carbocycles. The molecule has 0 heterocycles. The molecule has 1 aromatic carbocycles. The van der Waals surface area contributed by atoms with E-state index in [1.54, 1.807) is 24.3 Å². The van der Waals surface area contributed by atoms with Crippen LogP contribution in [0.2, 0.25) is 0 Å². The summed E-state index contributed by atoms with van der Waals surface area (Å²) in [5.41, 5.74) is 0. The van der Waals surface area contributed by atoms with E-state index in [-0.39, 0.29) is 5.97 Å². The van der Waals surface area contributed by atoms with Crippen LogP contribution in [0.5, 0.6) is 5.75 Å². The minimum Gasteiger partial charge on any atom is -0.508 e. The molecular weight excluding hydrogens is 240 g/mol. The molecule has 3 nitrogen and oxygen atoms in total. The summed E-state index contributed by atoms with van der Waals surface area (Å²) in [5, 5.41) is 8.63. The molecule has 1 aromatic rings. The fourth-order valence-electron chi connectivity index (χ4n) is 2.27. The van der Waals surface area contributed by atoms with Gasteiger partial charge in [0, 0.05) is 6.42 Å². The van der Waals surface area contributed by atoms with Crippen LogP contribution in [0.25, 0.3) is 0 Å². The maximum Gasteiger partial charge on any atom is 0.306 e. The van der Waals surface area contributed by atoms with Crippen LogP contribution in [-0.4, -0.2) is 17.7 Å². The summed E-state index contributed by atoms with van der Waals surface area (Å²) < 4.78 is 4.91. The van der Waals surface area contributed by atoms with Gasteiger partial charge in [-0.3, -0.25) is 4.79 Å². The van der Waals surface area contributed by atoms with Crippen LogP contribution < -0.4 is 0 Å². The number of carbonyl (C=O) groups is 1. The Morgan fingerprint density at radius 2 is 1.84 bits per heavy atom. The van der Waals surface area contributed by atoms with Gasteiger partial charge in [0.15, 0.2) is 0 Å². The number of phenols is 1. The molecule has 0 bridgehead atoms. The topological polar surface area (TPSA) is 46.5 Å². The average molecular weight is 264 g/mol. The van der Waals surface area contributed by atoms with Crippen molar-refractivity contribution in [1.82, 2.24) is 0 Å². The summed E-state index contributed by atoms with van der Waals surface area (Å²) in [6.07, 6.45) is 7.03. The summed E-state index contributed by atoms with van der Waals surface area (Å²) in [4.78, 5) is 11.1. The Bertz CT molecular complexity index is 342. The lowest BCUT2D eigenvalue weighted by Gasteiger charge is -2.20. The third-order valence-electron chi connectivity index (χ3n) is 3.24. The molecule has 0 saturated heterocycles. The van der Waals surface area contributed by atoms with E-state index in [0.29, 0.717) is 24.7 Å². The van der Waals surface area contributed by atoms with E-state index in [9.17, 15) is 4.79 Å². The maximum atomic E-state index is 11.1. The number of ether oxygens (including phenoxy) is 1. The highest BCUT2D eigenvalue weighted by molar-refractivity contribution is 5.69. The highest BCUT2D eigenvalue weighted by Gasteiger charge is 2.17. The molecule has 1 saturated carbocycles. The van der Waals surface area contributed by atoms with Gasteiger partial charge in [0.2, 0.25) is 0 Å². The van der Waals surface area contributed by atoms with Crippen molar-refractivity contribution < 1.29 is 14.6 Å². The highest BCUT2D eigenvalue weighted by atomic mass is 16.5. The first kappa shape index (κ1) is 15.5. The first-order chi connectivity index (χ1) is 9.22. The lowest BCUT2D eigenvalue weighted by Crippen LogP contribution is -2.14. The SMILES string of the molecule is CCOC(=O)CC1CCCCC1.Oc1ccccc1. The first-order valence-corrected chi connectivity index (χ1v) is 7.12. The number of esters is 1. The van der Waals surface area contributed by atoms with Crippen LogP contribution >= 0.6 is 0 Å². The van der Waals surface area contributed by atoms with E-state index in [0.717, 1.165) is 0 Å². The molecule has 2 rings (SSSR count). The molecule has 0 aliphatic heterocycles. The third-order valence-corrected chi connectivity index (χ3v) is 3.24. The van der Waals surface area contributed by atoms with Crippen molar-refractivity contribution in [3.8, 4) is 5.75 Å². The zero-order valence-electron chi connectivity index (χ0n) is 11.7. The van der Waals surface area contributed by atoms with Crippen LogP contribution in [0.4, 0.5) is 0 Å². The number of rotatable bonds is 3. The fourth-order valence-corrected chi connectivity index (χ4v) is 2.27. The van der Waals surface area contributed by atoms with E-state index >= 15 is 0 Å². The Balaban J connectivity index is 0.000000218. The van der Waals surface area contributed by atoms with Gasteiger partial charge in [0.05, 0.1) is 6.61 Å². The molecule has 1 fully saturated rings.